The van der Waals surface area contributed by atoms with Gasteiger partial charge in [0.25, 0.3) is 5.56 Å². The average Bonchev–Trinajstić information content (AvgIpc) is 2.44. The van der Waals surface area contributed by atoms with E-state index in [2.05, 4.69) is 0 Å². The lowest BCUT2D eigenvalue weighted by Gasteiger charge is -2.12. The van der Waals surface area contributed by atoms with Crippen LogP contribution in [0.3, 0.4) is 0 Å². The minimum absolute atomic E-state index is 0.127. The lowest BCUT2D eigenvalue weighted by molar-refractivity contribution is 0.0520. The van der Waals surface area contributed by atoms with Gasteiger partial charge in [-0.3, -0.25) is 4.79 Å². The van der Waals surface area contributed by atoms with Gasteiger partial charge in [-0.25, -0.2) is 4.79 Å². The fourth-order valence-electron chi connectivity index (χ4n) is 2.02. The van der Waals surface area contributed by atoms with Crippen molar-refractivity contribution in [3.8, 4) is 11.5 Å². The summed E-state index contributed by atoms with van der Waals surface area (Å²) in [6, 6.07) is 4.85. The van der Waals surface area contributed by atoms with Gasteiger partial charge in [-0.05, 0) is 19.1 Å². The fourth-order valence-corrected chi connectivity index (χ4v) is 2.02. The highest BCUT2D eigenvalue weighted by Gasteiger charge is 2.22. The van der Waals surface area contributed by atoms with Crippen LogP contribution < -0.4 is 10.3 Å². The number of nitrogens with zero attached hydrogens (tertiary/aromatic N) is 1. The number of rotatable bonds is 3. The Bertz CT molecular complexity index is 732. The predicted molar refractivity (Wildman–Crippen MR) is 73.4 cm³/mol. The number of pyridine rings is 1. The average molecular weight is 277 g/mol. The fraction of sp³-hybridized carbons (Fsp3) is 0.286. The number of benzene rings is 1. The normalized spacial score (nSPS) is 10.6. The monoisotopic (exact) mass is 277 g/mol. The first-order chi connectivity index (χ1) is 9.51. The zero-order chi connectivity index (χ0) is 14.9. The van der Waals surface area contributed by atoms with Gasteiger partial charge >= 0.3 is 5.97 Å². The largest absolute Gasteiger partial charge is 0.506 e. The lowest BCUT2D eigenvalue weighted by atomic mass is 10.1. The second-order valence-electron chi connectivity index (χ2n) is 4.19. The first-order valence-electron chi connectivity index (χ1n) is 6.08. The van der Waals surface area contributed by atoms with Crippen LogP contribution in [-0.2, 0) is 11.8 Å². The van der Waals surface area contributed by atoms with Crippen molar-refractivity contribution in [2.24, 2.45) is 7.05 Å². The second-order valence-corrected chi connectivity index (χ2v) is 4.19. The summed E-state index contributed by atoms with van der Waals surface area (Å²) in [6.45, 7) is 1.76. The molecular weight excluding hydrogens is 262 g/mol. The molecule has 0 bridgehead atoms. The Morgan fingerprint density at radius 2 is 2.10 bits per heavy atom. The van der Waals surface area contributed by atoms with Crippen LogP contribution in [0.2, 0.25) is 0 Å². The van der Waals surface area contributed by atoms with Gasteiger partial charge in [-0.1, -0.05) is 0 Å². The molecule has 0 saturated carbocycles. The van der Waals surface area contributed by atoms with Crippen molar-refractivity contribution in [1.29, 1.82) is 0 Å². The van der Waals surface area contributed by atoms with Crippen LogP contribution >= 0.6 is 0 Å². The maximum absolute atomic E-state index is 12.2. The molecule has 1 heterocycles. The smallest absolute Gasteiger partial charge is 0.347 e. The molecule has 0 unspecified atom stereocenters. The van der Waals surface area contributed by atoms with E-state index in [1.54, 1.807) is 25.1 Å². The van der Waals surface area contributed by atoms with Gasteiger partial charge < -0.3 is 19.1 Å². The Hall–Kier alpha value is -2.50. The van der Waals surface area contributed by atoms with Gasteiger partial charge in [0.1, 0.15) is 11.5 Å². The highest BCUT2D eigenvalue weighted by molar-refractivity contribution is 5.99. The van der Waals surface area contributed by atoms with Crippen LogP contribution in [0.5, 0.6) is 11.5 Å². The summed E-state index contributed by atoms with van der Waals surface area (Å²) < 4.78 is 11.2. The van der Waals surface area contributed by atoms with E-state index in [1.807, 2.05) is 0 Å². The number of aryl methyl sites for hydroxylation is 1. The molecule has 0 atom stereocenters. The predicted octanol–water partition coefficient (Wildman–Crippen LogP) is 1.43. The Labute approximate surface area is 115 Å². The maximum atomic E-state index is 12.2. The third-order valence-electron chi connectivity index (χ3n) is 3.06. The molecule has 1 N–H and O–H groups in total. The van der Waals surface area contributed by atoms with Crippen LogP contribution in [0.4, 0.5) is 0 Å². The number of esters is 1. The van der Waals surface area contributed by atoms with E-state index in [-0.39, 0.29) is 17.9 Å². The minimum atomic E-state index is -0.830. The van der Waals surface area contributed by atoms with E-state index in [4.69, 9.17) is 9.47 Å². The summed E-state index contributed by atoms with van der Waals surface area (Å²) in [5.74, 6) is -0.650. The van der Waals surface area contributed by atoms with Gasteiger partial charge in [0, 0.05) is 18.5 Å². The number of carbonyl (C=O) groups is 1. The molecule has 6 heteroatoms. The molecule has 106 valence electrons. The summed E-state index contributed by atoms with van der Waals surface area (Å²) in [5.41, 5.74) is -0.492. The van der Waals surface area contributed by atoms with Gasteiger partial charge in [0.05, 0.1) is 19.2 Å². The first-order valence-corrected chi connectivity index (χ1v) is 6.08. The number of fused-ring (bicyclic) bond motifs is 1. The standard InChI is InChI=1S/C14H15NO5/c1-4-20-14(18)11-12(16)9-6-5-8(19-3)7-10(9)15(2)13(11)17/h5-7,16H,4H2,1-3H3. The van der Waals surface area contributed by atoms with Crippen LogP contribution in [0.1, 0.15) is 17.3 Å². The molecule has 0 saturated heterocycles. The Kier molecular flexibility index (Phi) is 3.65. The number of ether oxygens (including phenoxy) is 2. The maximum Gasteiger partial charge on any atom is 0.347 e. The molecule has 20 heavy (non-hydrogen) atoms. The quantitative estimate of drug-likeness (QED) is 0.859. The number of hydrogen-bond acceptors (Lipinski definition) is 5. The van der Waals surface area contributed by atoms with Gasteiger partial charge in [-0.2, -0.15) is 0 Å². The van der Waals surface area contributed by atoms with Crippen molar-refractivity contribution >= 4 is 16.9 Å². The molecule has 2 aromatic rings. The van der Waals surface area contributed by atoms with Gasteiger partial charge in [-0.15, -0.1) is 0 Å². The van der Waals surface area contributed by atoms with Gasteiger partial charge in [0.15, 0.2) is 5.56 Å². The zero-order valence-electron chi connectivity index (χ0n) is 11.5. The topological polar surface area (TPSA) is 77.8 Å². The molecule has 2 rings (SSSR count). The lowest BCUT2D eigenvalue weighted by Crippen LogP contribution is -2.26. The molecule has 0 radical (unpaired) electrons. The summed E-state index contributed by atoms with van der Waals surface area (Å²) in [5, 5.41) is 10.5. The zero-order valence-corrected chi connectivity index (χ0v) is 11.5. The highest BCUT2D eigenvalue weighted by atomic mass is 16.5. The number of aromatic hydroxyl groups is 1. The summed E-state index contributed by atoms with van der Waals surface area (Å²) in [4.78, 5) is 24.0. The first kappa shape index (κ1) is 13.9. The minimum Gasteiger partial charge on any atom is -0.506 e. The number of hydrogen-bond donors (Lipinski definition) is 1. The molecule has 1 aromatic carbocycles. The molecule has 0 aliphatic carbocycles. The van der Waals surface area contributed by atoms with E-state index in [0.29, 0.717) is 16.7 Å². The molecule has 0 fully saturated rings. The SMILES string of the molecule is CCOC(=O)c1c(O)c2ccc(OC)cc2n(C)c1=O. The third-order valence-corrected chi connectivity index (χ3v) is 3.06. The third kappa shape index (κ3) is 2.09. The van der Waals surface area contributed by atoms with Crippen molar-refractivity contribution in [3.05, 3.63) is 34.1 Å². The summed E-state index contributed by atoms with van der Waals surface area (Å²) in [6.07, 6.45) is 0. The van der Waals surface area contributed by atoms with E-state index in [9.17, 15) is 14.7 Å². The van der Waals surface area contributed by atoms with Crippen molar-refractivity contribution in [2.45, 2.75) is 6.92 Å². The summed E-state index contributed by atoms with van der Waals surface area (Å²) >= 11 is 0. The molecule has 0 aliphatic rings. The van der Waals surface area contributed by atoms with Crippen LogP contribution in [-0.4, -0.2) is 29.4 Å². The Morgan fingerprint density at radius 3 is 2.70 bits per heavy atom. The van der Waals surface area contributed by atoms with Crippen LogP contribution in [0.25, 0.3) is 10.9 Å². The number of carbonyl (C=O) groups excluding carboxylic acids is 1. The van der Waals surface area contributed by atoms with E-state index < -0.39 is 11.5 Å². The van der Waals surface area contributed by atoms with E-state index in [1.165, 1.54) is 18.7 Å². The molecule has 0 amide bonds. The highest BCUT2D eigenvalue weighted by Crippen LogP contribution is 2.29. The van der Waals surface area contributed by atoms with Crippen LogP contribution in [0, 0.1) is 0 Å². The number of aromatic nitrogens is 1. The van der Waals surface area contributed by atoms with Crippen molar-refractivity contribution in [2.75, 3.05) is 13.7 Å². The van der Waals surface area contributed by atoms with E-state index in [0.717, 1.165) is 0 Å². The molecule has 0 aliphatic heterocycles. The van der Waals surface area contributed by atoms with Crippen LogP contribution in [0.15, 0.2) is 23.0 Å². The Balaban J connectivity index is 2.81. The summed E-state index contributed by atoms with van der Waals surface area (Å²) in [7, 11) is 3.03. The second kappa shape index (κ2) is 5.24. The Morgan fingerprint density at radius 1 is 1.40 bits per heavy atom. The molecule has 6 nitrogen and oxygen atoms in total. The van der Waals surface area contributed by atoms with Crippen molar-refractivity contribution in [3.63, 3.8) is 0 Å². The van der Waals surface area contributed by atoms with Gasteiger partial charge in [0.2, 0.25) is 0 Å². The van der Waals surface area contributed by atoms with E-state index >= 15 is 0 Å². The van der Waals surface area contributed by atoms with Crippen molar-refractivity contribution < 1.29 is 19.4 Å². The molecular formula is C14H15NO5. The molecule has 1 aromatic heterocycles. The van der Waals surface area contributed by atoms with Crippen molar-refractivity contribution in [1.82, 2.24) is 4.57 Å². The molecule has 0 spiro atoms. The number of methoxy groups -OCH3 is 1.